The third-order valence-electron chi connectivity index (χ3n) is 4.35. The van der Waals surface area contributed by atoms with Crippen LogP contribution in [0.25, 0.3) is 0 Å². The first-order valence-electron chi connectivity index (χ1n) is 6.64. The number of carboxylic acids is 1. The fourth-order valence-corrected chi connectivity index (χ4v) is 4.49. The van der Waals surface area contributed by atoms with E-state index in [-0.39, 0.29) is 11.2 Å². The lowest BCUT2D eigenvalue weighted by Gasteiger charge is -2.53. The molecule has 0 saturated heterocycles. The summed E-state index contributed by atoms with van der Waals surface area (Å²) in [6, 6.07) is 6.40. The molecule has 2 nitrogen and oxygen atoms in total. The maximum atomic E-state index is 13.7. The Balaban J connectivity index is 2.21. The quantitative estimate of drug-likeness (QED) is 0.872. The first-order chi connectivity index (χ1) is 8.97. The van der Waals surface area contributed by atoms with E-state index in [0.717, 1.165) is 12.8 Å². The van der Waals surface area contributed by atoms with Crippen molar-refractivity contribution in [3.63, 3.8) is 0 Å². The van der Waals surface area contributed by atoms with Crippen molar-refractivity contribution in [1.29, 1.82) is 0 Å². The second-order valence-electron chi connectivity index (χ2n) is 5.39. The molecule has 1 aromatic carbocycles. The fourth-order valence-electron chi connectivity index (χ4n) is 2.91. The van der Waals surface area contributed by atoms with Gasteiger partial charge in [0, 0.05) is 4.90 Å². The number of thioether (sulfide) groups is 1. The number of carbonyl (C=O) groups is 1. The van der Waals surface area contributed by atoms with E-state index in [1.165, 1.54) is 17.8 Å². The molecule has 1 fully saturated rings. The minimum absolute atomic E-state index is 0.122. The fraction of sp³-hybridized carbons (Fsp3) is 0.533. The number of aliphatic carboxylic acids is 1. The first-order valence-corrected chi connectivity index (χ1v) is 7.45. The molecule has 0 atom stereocenters. The molecular formula is C15H19FO2S. The molecule has 0 radical (unpaired) electrons. The van der Waals surface area contributed by atoms with Gasteiger partial charge in [0.15, 0.2) is 0 Å². The van der Waals surface area contributed by atoms with Gasteiger partial charge in [0.2, 0.25) is 0 Å². The zero-order chi connectivity index (χ0) is 14.1. The van der Waals surface area contributed by atoms with E-state index in [1.807, 2.05) is 0 Å². The molecule has 4 heteroatoms. The van der Waals surface area contributed by atoms with Crippen molar-refractivity contribution in [2.75, 3.05) is 0 Å². The minimum Gasteiger partial charge on any atom is -0.480 e. The number of hydrogen-bond donors (Lipinski definition) is 1. The second-order valence-corrected chi connectivity index (χ2v) is 6.82. The standard InChI is InChI=1S/C15H19FO2S/c1-3-14(4-2)9-15(10-14,13(17)18)19-12-8-6-5-7-11(12)16/h5-8H,3-4,9-10H2,1-2H3,(H,17,18). The molecule has 0 bridgehead atoms. The zero-order valence-corrected chi connectivity index (χ0v) is 12.1. The smallest absolute Gasteiger partial charge is 0.320 e. The third-order valence-corrected chi connectivity index (χ3v) is 5.76. The van der Waals surface area contributed by atoms with Crippen LogP contribution in [0.3, 0.4) is 0 Å². The van der Waals surface area contributed by atoms with Gasteiger partial charge in [0.1, 0.15) is 10.6 Å². The van der Waals surface area contributed by atoms with Crippen LogP contribution in [0.1, 0.15) is 39.5 Å². The Morgan fingerprint density at radius 3 is 2.37 bits per heavy atom. The molecule has 1 aliphatic carbocycles. The van der Waals surface area contributed by atoms with Crippen LogP contribution in [0.15, 0.2) is 29.2 Å². The van der Waals surface area contributed by atoms with Crippen LogP contribution in [0, 0.1) is 11.2 Å². The SMILES string of the molecule is CCC1(CC)CC(Sc2ccccc2F)(C(=O)O)C1. The van der Waals surface area contributed by atoms with Crippen molar-refractivity contribution >= 4 is 17.7 Å². The molecule has 1 saturated carbocycles. The molecule has 0 amide bonds. The molecule has 1 aromatic rings. The highest BCUT2D eigenvalue weighted by atomic mass is 32.2. The molecule has 19 heavy (non-hydrogen) atoms. The number of rotatable bonds is 5. The number of carboxylic acid groups (broad SMARTS) is 1. The Hall–Kier alpha value is -1.03. The largest absolute Gasteiger partial charge is 0.480 e. The monoisotopic (exact) mass is 282 g/mol. The van der Waals surface area contributed by atoms with Crippen molar-refractivity contribution in [3.8, 4) is 0 Å². The van der Waals surface area contributed by atoms with Gasteiger partial charge in [-0.15, -0.1) is 11.8 Å². The summed E-state index contributed by atoms with van der Waals surface area (Å²) in [5.74, 6) is -1.16. The molecule has 0 aliphatic heterocycles. The van der Waals surface area contributed by atoms with Crippen LogP contribution < -0.4 is 0 Å². The maximum Gasteiger partial charge on any atom is 0.320 e. The van der Waals surface area contributed by atoms with E-state index < -0.39 is 10.7 Å². The van der Waals surface area contributed by atoms with Crippen molar-refractivity contribution in [3.05, 3.63) is 30.1 Å². The predicted octanol–water partition coefficient (Wildman–Crippen LogP) is 4.34. The number of benzene rings is 1. The van der Waals surface area contributed by atoms with Gasteiger partial charge < -0.3 is 5.11 Å². The van der Waals surface area contributed by atoms with E-state index in [0.29, 0.717) is 17.7 Å². The van der Waals surface area contributed by atoms with Crippen molar-refractivity contribution in [2.24, 2.45) is 5.41 Å². The Kier molecular flexibility index (Phi) is 3.90. The second kappa shape index (κ2) is 5.16. The molecule has 0 heterocycles. The van der Waals surface area contributed by atoms with Crippen LogP contribution in [0.2, 0.25) is 0 Å². The Bertz CT molecular complexity index is 475. The summed E-state index contributed by atoms with van der Waals surface area (Å²) in [6.07, 6.45) is 3.22. The van der Waals surface area contributed by atoms with Gasteiger partial charge in [-0.05, 0) is 30.4 Å². The minimum atomic E-state index is -0.853. The number of hydrogen-bond acceptors (Lipinski definition) is 2. The molecule has 0 aromatic heterocycles. The first kappa shape index (κ1) is 14.4. The summed E-state index contributed by atoms with van der Waals surface area (Å²) >= 11 is 1.17. The summed E-state index contributed by atoms with van der Waals surface area (Å²) < 4.78 is 12.8. The van der Waals surface area contributed by atoms with Gasteiger partial charge >= 0.3 is 5.97 Å². The average molecular weight is 282 g/mol. The molecule has 1 aliphatic rings. The van der Waals surface area contributed by atoms with Gasteiger partial charge in [0.05, 0.1) is 0 Å². The highest BCUT2D eigenvalue weighted by Gasteiger charge is 2.58. The lowest BCUT2D eigenvalue weighted by Crippen LogP contribution is -2.54. The van der Waals surface area contributed by atoms with E-state index in [9.17, 15) is 14.3 Å². The highest BCUT2D eigenvalue weighted by Crippen LogP contribution is 2.60. The van der Waals surface area contributed by atoms with Gasteiger partial charge in [0.25, 0.3) is 0 Å². The lowest BCUT2D eigenvalue weighted by atomic mass is 9.58. The average Bonchev–Trinajstić information content (AvgIpc) is 2.35. The van der Waals surface area contributed by atoms with Gasteiger partial charge in [-0.25, -0.2) is 4.39 Å². The van der Waals surface area contributed by atoms with Crippen molar-refractivity contribution in [1.82, 2.24) is 0 Å². The van der Waals surface area contributed by atoms with E-state index in [1.54, 1.807) is 18.2 Å². The van der Waals surface area contributed by atoms with E-state index >= 15 is 0 Å². The Morgan fingerprint density at radius 2 is 1.89 bits per heavy atom. The predicted molar refractivity (Wildman–Crippen MR) is 74.9 cm³/mol. The van der Waals surface area contributed by atoms with Gasteiger partial charge in [-0.3, -0.25) is 4.79 Å². The van der Waals surface area contributed by atoms with Crippen LogP contribution in [-0.4, -0.2) is 15.8 Å². The van der Waals surface area contributed by atoms with Crippen molar-refractivity contribution < 1.29 is 14.3 Å². The lowest BCUT2D eigenvalue weighted by molar-refractivity contribution is -0.147. The topological polar surface area (TPSA) is 37.3 Å². The van der Waals surface area contributed by atoms with Crippen LogP contribution in [-0.2, 0) is 4.79 Å². The summed E-state index contributed by atoms with van der Waals surface area (Å²) in [5, 5.41) is 9.52. The molecular weight excluding hydrogens is 263 g/mol. The normalized spacial score (nSPS) is 19.7. The molecule has 0 spiro atoms. The zero-order valence-electron chi connectivity index (χ0n) is 11.3. The Morgan fingerprint density at radius 1 is 1.32 bits per heavy atom. The van der Waals surface area contributed by atoms with Crippen molar-refractivity contribution in [2.45, 2.75) is 49.2 Å². The van der Waals surface area contributed by atoms with Crippen LogP contribution >= 0.6 is 11.8 Å². The number of halogens is 1. The van der Waals surface area contributed by atoms with Crippen LogP contribution in [0.4, 0.5) is 4.39 Å². The van der Waals surface area contributed by atoms with E-state index in [2.05, 4.69) is 13.8 Å². The molecule has 1 N–H and O–H groups in total. The molecule has 104 valence electrons. The highest BCUT2D eigenvalue weighted by molar-refractivity contribution is 8.01. The Labute approximate surface area is 117 Å². The summed E-state index contributed by atoms with van der Waals surface area (Å²) in [6.45, 7) is 4.20. The third kappa shape index (κ3) is 2.50. The summed E-state index contributed by atoms with van der Waals surface area (Å²) in [7, 11) is 0. The van der Waals surface area contributed by atoms with Gasteiger partial charge in [-0.2, -0.15) is 0 Å². The maximum absolute atomic E-state index is 13.7. The molecule has 0 unspecified atom stereocenters. The van der Waals surface area contributed by atoms with Crippen LogP contribution in [0.5, 0.6) is 0 Å². The van der Waals surface area contributed by atoms with Gasteiger partial charge in [-0.1, -0.05) is 38.8 Å². The summed E-state index contributed by atoms with van der Waals surface area (Å²) in [5.41, 5.74) is 0.122. The summed E-state index contributed by atoms with van der Waals surface area (Å²) in [4.78, 5) is 12.0. The molecule has 2 rings (SSSR count). The van der Waals surface area contributed by atoms with E-state index in [4.69, 9.17) is 0 Å².